The lowest BCUT2D eigenvalue weighted by molar-refractivity contribution is -0.117. The molecule has 0 saturated carbocycles. The average Bonchev–Trinajstić information content (AvgIpc) is 1.98. The van der Waals surface area contributed by atoms with Crippen LogP contribution in [-0.4, -0.2) is 25.8 Å². The maximum absolute atomic E-state index is 11.1. The van der Waals surface area contributed by atoms with Crippen molar-refractivity contribution in [3.05, 3.63) is 0 Å². The van der Waals surface area contributed by atoms with E-state index in [0.29, 0.717) is 6.42 Å². The molecule has 0 unspecified atom stereocenters. The summed E-state index contributed by atoms with van der Waals surface area (Å²) in [6, 6.07) is 0. The molecule has 0 radical (unpaired) electrons. The standard InChI is InChI=1S/C7H15NO3S/c1-2-3-5-12(10,11)6-4-7(8)9/h2-6H2,1H3,(H2,8,9). The van der Waals surface area contributed by atoms with Gasteiger partial charge in [-0.1, -0.05) is 13.3 Å². The van der Waals surface area contributed by atoms with E-state index in [1.165, 1.54) is 0 Å². The summed E-state index contributed by atoms with van der Waals surface area (Å²) in [7, 11) is -3.04. The Hall–Kier alpha value is -0.580. The molecule has 0 bridgehead atoms. The highest BCUT2D eigenvalue weighted by molar-refractivity contribution is 7.91. The van der Waals surface area contributed by atoms with Gasteiger partial charge >= 0.3 is 0 Å². The first-order valence-corrected chi connectivity index (χ1v) is 5.79. The molecule has 0 aromatic carbocycles. The van der Waals surface area contributed by atoms with Crippen molar-refractivity contribution in [2.24, 2.45) is 5.73 Å². The van der Waals surface area contributed by atoms with Gasteiger partial charge < -0.3 is 5.73 Å². The second-order valence-electron chi connectivity index (χ2n) is 2.72. The molecule has 0 fully saturated rings. The average molecular weight is 193 g/mol. The fourth-order valence-corrected chi connectivity index (χ4v) is 2.17. The first kappa shape index (κ1) is 11.4. The first-order valence-electron chi connectivity index (χ1n) is 3.96. The van der Waals surface area contributed by atoms with Gasteiger partial charge in [-0.15, -0.1) is 0 Å². The molecule has 0 spiro atoms. The van der Waals surface area contributed by atoms with Gasteiger partial charge in [0.2, 0.25) is 5.91 Å². The van der Waals surface area contributed by atoms with Crippen LogP contribution in [0.5, 0.6) is 0 Å². The molecule has 0 saturated heterocycles. The highest BCUT2D eigenvalue weighted by Gasteiger charge is 2.10. The Kier molecular flexibility index (Phi) is 4.89. The molecule has 4 nitrogen and oxygen atoms in total. The summed E-state index contributed by atoms with van der Waals surface area (Å²) in [4.78, 5) is 10.3. The Balaban J connectivity index is 3.80. The monoisotopic (exact) mass is 193 g/mol. The summed E-state index contributed by atoms with van der Waals surface area (Å²) in [5.74, 6) is -0.505. The second kappa shape index (κ2) is 5.13. The minimum atomic E-state index is -3.04. The van der Waals surface area contributed by atoms with Crippen LogP contribution in [0, 0.1) is 0 Å². The maximum Gasteiger partial charge on any atom is 0.218 e. The molecule has 0 aliphatic carbocycles. The quantitative estimate of drug-likeness (QED) is 0.648. The number of amides is 1. The van der Waals surface area contributed by atoms with E-state index in [1.54, 1.807) is 0 Å². The summed E-state index contributed by atoms with van der Waals surface area (Å²) in [5.41, 5.74) is 4.82. The van der Waals surface area contributed by atoms with Gasteiger partial charge in [-0.25, -0.2) is 8.42 Å². The SMILES string of the molecule is CCCCS(=O)(=O)CCC(N)=O. The van der Waals surface area contributed by atoms with E-state index in [2.05, 4.69) is 0 Å². The number of unbranched alkanes of at least 4 members (excludes halogenated alkanes) is 1. The predicted molar refractivity (Wildman–Crippen MR) is 47.4 cm³/mol. The van der Waals surface area contributed by atoms with E-state index in [4.69, 9.17) is 5.73 Å². The fourth-order valence-electron chi connectivity index (χ4n) is 0.722. The molecular weight excluding hydrogens is 178 g/mol. The molecule has 0 aromatic heterocycles. The molecule has 0 aromatic rings. The number of carbonyl (C=O) groups is 1. The van der Waals surface area contributed by atoms with Crippen LogP contribution in [0.4, 0.5) is 0 Å². The van der Waals surface area contributed by atoms with Crippen LogP contribution >= 0.6 is 0 Å². The number of rotatable bonds is 6. The van der Waals surface area contributed by atoms with Crippen LogP contribution in [0.1, 0.15) is 26.2 Å². The number of nitrogens with two attached hydrogens (primary N) is 1. The van der Waals surface area contributed by atoms with Crippen molar-refractivity contribution >= 4 is 15.7 Å². The molecule has 0 aliphatic heterocycles. The second-order valence-corrected chi connectivity index (χ2v) is 5.03. The molecule has 2 N–H and O–H groups in total. The third-order valence-electron chi connectivity index (χ3n) is 1.47. The molecule has 0 rings (SSSR count). The number of hydrogen-bond acceptors (Lipinski definition) is 3. The first-order chi connectivity index (χ1) is 5.48. The zero-order valence-corrected chi connectivity index (χ0v) is 8.06. The summed E-state index contributed by atoms with van der Waals surface area (Å²) in [6.07, 6.45) is 1.43. The van der Waals surface area contributed by atoms with Gasteiger partial charge in [-0.3, -0.25) is 4.79 Å². The Morgan fingerprint density at radius 3 is 2.33 bits per heavy atom. The molecule has 72 valence electrons. The maximum atomic E-state index is 11.1. The van der Waals surface area contributed by atoms with Crippen molar-refractivity contribution < 1.29 is 13.2 Å². The molecule has 12 heavy (non-hydrogen) atoms. The van der Waals surface area contributed by atoms with Crippen molar-refractivity contribution in [1.29, 1.82) is 0 Å². The van der Waals surface area contributed by atoms with Crippen LogP contribution in [0.25, 0.3) is 0 Å². The lowest BCUT2D eigenvalue weighted by Gasteiger charge is -2.00. The van der Waals surface area contributed by atoms with Gasteiger partial charge in [0.05, 0.1) is 11.5 Å². The van der Waals surface area contributed by atoms with Gasteiger partial charge in [0.1, 0.15) is 0 Å². The van der Waals surface area contributed by atoms with Crippen molar-refractivity contribution in [3.8, 4) is 0 Å². The largest absolute Gasteiger partial charge is 0.370 e. The smallest absolute Gasteiger partial charge is 0.218 e. The minimum absolute atomic E-state index is 0.0634. The van der Waals surface area contributed by atoms with E-state index in [-0.39, 0.29) is 17.9 Å². The molecule has 0 heterocycles. The van der Waals surface area contributed by atoms with E-state index in [0.717, 1.165) is 6.42 Å². The minimum Gasteiger partial charge on any atom is -0.370 e. The number of hydrogen-bond donors (Lipinski definition) is 1. The Morgan fingerprint density at radius 2 is 1.92 bits per heavy atom. The van der Waals surface area contributed by atoms with Gasteiger partial charge in [0.15, 0.2) is 9.84 Å². The number of primary amides is 1. The summed E-state index contributed by atoms with van der Waals surface area (Å²) in [5, 5.41) is 0. The molecule has 5 heteroatoms. The van der Waals surface area contributed by atoms with Gasteiger partial charge in [0.25, 0.3) is 0 Å². The fraction of sp³-hybridized carbons (Fsp3) is 0.857. The lowest BCUT2D eigenvalue weighted by atomic mass is 10.4. The summed E-state index contributed by atoms with van der Waals surface area (Å²) < 4.78 is 22.2. The van der Waals surface area contributed by atoms with Crippen LogP contribution in [-0.2, 0) is 14.6 Å². The zero-order valence-electron chi connectivity index (χ0n) is 7.25. The normalized spacial score (nSPS) is 11.4. The van der Waals surface area contributed by atoms with Crippen molar-refractivity contribution in [2.75, 3.05) is 11.5 Å². The van der Waals surface area contributed by atoms with Crippen molar-refractivity contribution in [1.82, 2.24) is 0 Å². The van der Waals surface area contributed by atoms with Gasteiger partial charge in [-0.2, -0.15) is 0 Å². The number of carbonyl (C=O) groups excluding carboxylic acids is 1. The number of sulfone groups is 1. The van der Waals surface area contributed by atoms with E-state index in [1.807, 2.05) is 6.92 Å². The van der Waals surface area contributed by atoms with Crippen LogP contribution in [0.2, 0.25) is 0 Å². The van der Waals surface area contributed by atoms with E-state index in [9.17, 15) is 13.2 Å². The molecule has 0 aliphatic rings. The topological polar surface area (TPSA) is 77.2 Å². The Morgan fingerprint density at radius 1 is 1.33 bits per heavy atom. The van der Waals surface area contributed by atoms with Crippen LogP contribution < -0.4 is 5.73 Å². The van der Waals surface area contributed by atoms with Crippen molar-refractivity contribution in [2.45, 2.75) is 26.2 Å². The van der Waals surface area contributed by atoms with E-state index < -0.39 is 15.7 Å². The van der Waals surface area contributed by atoms with Gasteiger partial charge in [-0.05, 0) is 6.42 Å². The summed E-state index contributed by atoms with van der Waals surface area (Å²) >= 11 is 0. The predicted octanol–water partition coefficient (Wildman–Crippen LogP) is 0.0767. The van der Waals surface area contributed by atoms with E-state index >= 15 is 0 Å². The lowest BCUT2D eigenvalue weighted by Crippen LogP contribution is -2.18. The Labute approximate surface area is 73.1 Å². The third kappa shape index (κ3) is 6.15. The summed E-state index contributed by atoms with van der Waals surface area (Å²) in [6.45, 7) is 1.92. The van der Waals surface area contributed by atoms with Crippen LogP contribution in [0.15, 0.2) is 0 Å². The highest BCUT2D eigenvalue weighted by atomic mass is 32.2. The molecule has 1 amide bonds. The Bertz CT molecular complexity index is 233. The van der Waals surface area contributed by atoms with Crippen LogP contribution in [0.3, 0.4) is 0 Å². The van der Waals surface area contributed by atoms with Gasteiger partial charge in [0, 0.05) is 6.42 Å². The molecule has 0 atom stereocenters. The molecular formula is C7H15NO3S. The highest BCUT2D eigenvalue weighted by Crippen LogP contribution is 1.98. The third-order valence-corrected chi connectivity index (χ3v) is 3.21. The zero-order chi connectivity index (χ0) is 9.61. The van der Waals surface area contributed by atoms with Crippen molar-refractivity contribution in [3.63, 3.8) is 0 Å².